The Morgan fingerprint density at radius 3 is 1.41 bits per heavy atom. The highest BCUT2D eigenvalue weighted by molar-refractivity contribution is 5.71. The van der Waals surface area contributed by atoms with Gasteiger partial charge in [-0.1, -0.05) is 52.4 Å². The molecular formula is C21H40O6. The number of aliphatic carboxylic acids is 2. The summed E-state index contributed by atoms with van der Waals surface area (Å²) >= 11 is 0. The summed E-state index contributed by atoms with van der Waals surface area (Å²) in [5.41, 5.74) is -0.815. The monoisotopic (exact) mass is 388 g/mol. The number of carboxylic acid groups (broad SMARTS) is 2. The van der Waals surface area contributed by atoms with Crippen molar-refractivity contribution in [3.05, 3.63) is 0 Å². The molecule has 0 aromatic heterocycles. The fourth-order valence-electron chi connectivity index (χ4n) is 3.23. The number of ether oxygens (including phenoxy) is 2. The van der Waals surface area contributed by atoms with Gasteiger partial charge in [0.2, 0.25) is 0 Å². The molecule has 0 aliphatic rings. The van der Waals surface area contributed by atoms with Gasteiger partial charge in [-0.25, -0.2) is 0 Å². The van der Waals surface area contributed by atoms with E-state index in [4.69, 9.17) is 9.47 Å². The third kappa shape index (κ3) is 15.6. The lowest BCUT2D eigenvalue weighted by Gasteiger charge is -2.31. The molecule has 27 heavy (non-hydrogen) atoms. The van der Waals surface area contributed by atoms with Crippen LogP contribution in [-0.4, -0.2) is 48.6 Å². The molecule has 6 nitrogen and oxygen atoms in total. The van der Waals surface area contributed by atoms with E-state index in [-0.39, 0.29) is 12.8 Å². The van der Waals surface area contributed by atoms with Gasteiger partial charge in [0, 0.05) is 26.4 Å². The molecule has 6 heteroatoms. The molecule has 0 radical (unpaired) electrons. The van der Waals surface area contributed by atoms with E-state index in [1.807, 2.05) is 0 Å². The van der Waals surface area contributed by atoms with Gasteiger partial charge in [-0.2, -0.15) is 0 Å². The lowest BCUT2D eigenvalue weighted by molar-refractivity contribution is -0.145. The van der Waals surface area contributed by atoms with Crippen LogP contribution in [0.3, 0.4) is 0 Å². The van der Waals surface area contributed by atoms with Crippen molar-refractivity contribution in [2.24, 2.45) is 5.41 Å². The molecule has 0 bridgehead atoms. The van der Waals surface area contributed by atoms with E-state index < -0.39 is 17.4 Å². The van der Waals surface area contributed by atoms with Crippen molar-refractivity contribution in [3.63, 3.8) is 0 Å². The van der Waals surface area contributed by atoms with Crippen molar-refractivity contribution < 1.29 is 29.3 Å². The van der Waals surface area contributed by atoms with Gasteiger partial charge >= 0.3 is 11.9 Å². The van der Waals surface area contributed by atoms with E-state index in [1.165, 1.54) is 25.7 Å². The summed E-state index contributed by atoms with van der Waals surface area (Å²) in [5, 5.41) is 18.6. The minimum atomic E-state index is -0.970. The average molecular weight is 389 g/mol. The quantitative estimate of drug-likeness (QED) is 0.288. The Balaban J connectivity index is 4.44. The molecule has 0 fully saturated rings. The number of hydrogen-bond acceptors (Lipinski definition) is 4. The second kappa shape index (κ2) is 17.0. The van der Waals surface area contributed by atoms with Crippen LogP contribution in [0.4, 0.5) is 0 Å². The first kappa shape index (κ1) is 25.9. The van der Waals surface area contributed by atoms with Crippen LogP contribution in [0.5, 0.6) is 0 Å². The van der Waals surface area contributed by atoms with Gasteiger partial charge in [-0.05, 0) is 31.1 Å². The molecule has 0 aliphatic carbocycles. The highest BCUT2D eigenvalue weighted by Crippen LogP contribution is 2.35. The van der Waals surface area contributed by atoms with Crippen LogP contribution in [0.1, 0.15) is 90.9 Å². The highest BCUT2D eigenvalue weighted by Gasteiger charge is 2.35. The van der Waals surface area contributed by atoms with Crippen LogP contribution in [0, 0.1) is 5.41 Å². The second-order valence-corrected chi connectivity index (χ2v) is 7.49. The number of rotatable bonds is 20. The maximum Gasteiger partial charge on any atom is 0.303 e. The molecule has 0 heterocycles. The molecule has 0 amide bonds. The minimum Gasteiger partial charge on any atom is -0.481 e. The zero-order chi connectivity index (χ0) is 20.4. The van der Waals surface area contributed by atoms with Gasteiger partial charge in [0.25, 0.3) is 0 Å². The molecule has 0 aliphatic heterocycles. The van der Waals surface area contributed by atoms with Crippen LogP contribution in [0.25, 0.3) is 0 Å². The third-order valence-corrected chi connectivity index (χ3v) is 4.89. The van der Waals surface area contributed by atoms with Crippen LogP contribution in [0.2, 0.25) is 0 Å². The van der Waals surface area contributed by atoms with Gasteiger partial charge in [0.1, 0.15) is 0 Å². The zero-order valence-corrected chi connectivity index (χ0v) is 17.3. The molecule has 160 valence electrons. The van der Waals surface area contributed by atoms with E-state index in [0.717, 1.165) is 25.7 Å². The summed E-state index contributed by atoms with van der Waals surface area (Å²) in [6.07, 6.45) is 9.43. The molecule has 2 N–H and O–H groups in total. The van der Waals surface area contributed by atoms with Crippen molar-refractivity contribution in [2.75, 3.05) is 26.4 Å². The van der Waals surface area contributed by atoms with E-state index in [0.29, 0.717) is 39.3 Å². The predicted octanol–water partition coefficient (Wildman–Crippen LogP) is 4.90. The maximum atomic E-state index is 11.3. The highest BCUT2D eigenvalue weighted by atomic mass is 16.5. The summed E-state index contributed by atoms with van der Waals surface area (Å²) < 4.78 is 11.3. The minimum absolute atomic E-state index is 0.169. The summed E-state index contributed by atoms with van der Waals surface area (Å²) in [7, 11) is 0. The van der Waals surface area contributed by atoms with Gasteiger partial charge < -0.3 is 19.7 Å². The number of hydrogen-bond donors (Lipinski definition) is 2. The largest absolute Gasteiger partial charge is 0.481 e. The average Bonchev–Trinajstić information content (AvgIpc) is 2.59. The smallest absolute Gasteiger partial charge is 0.303 e. The molecule has 0 rings (SSSR count). The van der Waals surface area contributed by atoms with E-state index in [9.17, 15) is 19.8 Å². The Labute approximate surface area is 164 Å². The SMILES string of the molecule is CCCCCCOCCC(CCOCCCCCC)(CC(=O)O)CC(=O)O. The topological polar surface area (TPSA) is 93.1 Å². The zero-order valence-electron chi connectivity index (χ0n) is 17.3. The summed E-state index contributed by atoms with van der Waals surface area (Å²) in [5.74, 6) is -1.94. The Morgan fingerprint density at radius 1 is 0.667 bits per heavy atom. The first-order valence-electron chi connectivity index (χ1n) is 10.5. The van der Waals surface area contributed by atoms with E-state index in [1.54, 1.807) is 0 Å². The molecule has 0 aromatic rings. The summed E-state index contributed by atoms with van der Waals surface area (Å²) in [6, 6.07) is 0. The molecule has 0 spiro atoms. The lowest BCUT2D eigenvalue weighted by Crippen LogP contribution is -2.31. The molecule has 0 unspecified atom stereocenters. The van der Waals surface area contributed by atoms with Crippen LogP contribution in [-0.2, 0) is 19.1 Å². The van der Waals surface area contributed by atoms with Crippen LogP contribution >= 0.6 is 0 Å². The van der Waals surface area contributed by atoms with Gasteiger partial charge in [0.15, 0.2) is 0 Å². The fourth-order valence-corrected chi connectivity index (χ4v) is 3.23. The number of carboxylic acids is 2. The molecule has 0 saturated heterocycles. The first-order valence-corrected chi connectivity index (χ1v) is 10.5. The number of unbranched alkanes of at least 4 members (excludes halogenated alkanes) is 6. The third-order valence-electron chi connectivity index (χ3n) is 4.89. The molecule has 0 saturated carbocycles. The maximum absolute atomic E-state index is 11.3. The van der Waals surface area contributed by atoms with Crippen molar-refractivity contribution in [1.29, 1.82) is 0 Å². The molecular weight excluding hydrogens is 348 g/mol. The van der Waals surface area contributed by atoms with E-state index >= 15 is 0 Å². The Bertz CT molecular complexity index is 347. The summed E-state index contributed by atoms with van der Waals surface area (Å²) in [6.45, 7) is 6.37. The van der Waals surface area contributed by atoms with Crippen molar-refractivity contribution in [2.45, 2.75) is 90.9 Å². The van der Waals surface area contributed by atoms with Crippen LogP contribution in [0.15, 0.2) is 0 Å². The standard InChI is InChI=1S/C21H40O6/c1-3-5-7-9-13-26-15-11-21(17-19(22)23,18-20(24)25)12-16-27-14-10-8-6-4-2/h3-18H2,1-2H3,(H,22,23)(H,24,25). The normalized spacial score (nSPS) is 11.6. The van der Waals surface area contributed by atoms with Crippen molar-refractivity contribution in [3.8, 4) is 0 Å². The Kier molecular flexibility index (Phi) is 16.3. The first-order chi connectivity index (χ1) is 13.0. The second-order valence-electron chi connectivity index (χ2n) is 7.49. The van der Waals surface area contributed by atoms with Gasteiger partial charge in [0.05, 0.1) is 12.8 Å². The summed E-state index contributed by atoms with van der Waals surface area (Å²) in [4.78, 5) is 22.7. The molecule has 0 atom stereocenters. The van der Waals surface area contributed by atoms with Crippen LogP contribution < -0.4 is 0 Å². The Hall–Kier alpha value is -1.14. The number of carbonyl (C=O) groups is 2. The van der Waals surface area contributed by atoms with E-state index in [2.05, 4.69) is 13.8 Å². The van der Waals surface area contributed by atoms with Crippen molar-refractivity contribution >= 4 is 11.9 Å². The van der Waals surface area contributed by atoms with Gasteiger partial charge in [-0.15, -0.1) is 0 Å². The lowest BCUT2D eigenvalue weighted by atomic mass is 9.75. The molecule has 0 aromatic carbocycles. The van der Waals surface area contributed by atoms with Crippen molar-refractivity contribution in [1.82, 2.24) is 0 Å². The Morgan fingerprint density at radius 2 is 1.07 bits per heavy atom. The fraction of sp³-hybridized carbons (Fsp3) is 0.905. The predicted molar refractivity (Wildman–Crippen MR) is 106 cm³/mol. The van der Waals surface area contributed by atoms with Gasteiger partial charge in [-0.3, -0.25) is 9.59 Å².